The van der Waals surface area contributed by atoms with E-state index in [2.05, 4.69) is 61.6 Å². The van der Waals surface area contributed by atoms with Crippen molar-refractivity contribution >= 4 is 0 Å². The van der Waals surface area contributed by atoms with Crippen LogP contribution in [-0.2, 0) is 4.74 Å². The van der Waals surface area contributed by atoms with E-state index in [4.69, 9.17) is 14.2 Å². The lowest BCUT2D eigenvalue weighted by Crippen LogP contribution is -2.45. The van der Waals surface area contributed by atoms with Gasteiger partial charge in [-0.3, -0.25) is 0 Å². The summed E-state index contributed by atoms with van der Waals surface area (Å²) < 4.78 is 16.9. The summed E-state index contributed by atoms with van der Waals surface area (Å²) in [5.74, 6) is 1.65. The molecule has 2 aromatic rings. The van der Waals surface area contributed by atoms with E-state index in [1.54, 1.807) is 0 Å². The van der Waals surface area contributed by atoms with Crippen molar-refractivity contribution in [1.29, 1.82) is 0 Å². The lowest BCUT2D eigenvalue weighted by Gasteiger charge is -2.38. The fourth-order valence-corrected chi connectivity index (χ4v) is 3.73. The highest BCUT2D eigenvalue weighted by Gasteiger charge is 2.31. The molecule has 0 spiro atoms. The molecule has 2 unspecified atom stereocenters. The van der Waals surface area contributed by atoms with E-state index in [0.717, 1.165) is 30.9 Å². The molecule has 132 valence electrons. The molecule has 4 rings (SSSR count). The standard InChI is InChI=1S/C21H25NO3/c1-21(2)13-17(10-11-25-21)22-20(15-6-4-3-5-7-15)16-8-9-18-19(12-16)24-14-23-18/h3-9,12,17,20,22H,10-11,13-14H2,1-2H3. The topological polar surface area (TPSA) is 39.7 Å². The minimum Gasteiger partial charge on any atom is -0.454 e. The highest BCUT2D eigenvalue weighted by atomic mass is 16.7. The SMILES string of the molecule is CC1(C)CC(NC(c2ccccc2)c2ccc3c(c2)OCO3)CCO1. The second-order valence-electron chi connectivity index (χ2n) is 7.42. The van der Waals surface area contributed by atoms with Crippen LogP contribution >= 0.6 is 0 Å². The van der Waals surface area contributed by atoms with E-state index < -0.39 is 0 Å². The van der Waals surface area contributed by atoms with Gasteiger partial charge in [0.1, 0.15) is 0 Å². The average Bonchev–Trinajstić information content (AvgIpc) is 3.07. The maximum atomic E-state index is 5.87. The Morgan fingerprint density at radius 2 is 1.80 bits per heavy atom. The van der Waals surface area contributed by atoms with Gasteiger partial charge in [0.2, 0.25) is 6.79 Å². The molecule has 1 saturated heterocycles. The molecule has 0 amide bonds. The van der Waals surface area contributed by atoms with E-state index in [-0.39, 0.29) is 11.6 Å². The molecule has 1 N–H and O–H groups in total. The number of nitrogens with one attached hydrogen (secondary N) is 1. The Hall–Kier alpha value is -2.04. The van der Waals surface area contributed by atoms with Gasteiger partial charge in [-0.15, -0.1) is 0 Å². The van der Waals surface area contributed by atoms with Gasteiger partial charge in [-0.25, -0.2) is 0 Å². The Bertz CT molecular complexity index is 729. The van der Waals surface area contributed by atoms with Crippen molar-refractivity contribution in [2.45, 2.75) is 44.4 Å². The maximum Gasteiger partial charge on any atom is 0.231 e. The largest absolute Gasteiger partial charge is 0.454 e. The zero-order chi connectivity index (χ0) is 17.3. The van der Waals surface area contributed by atoms with Gasteiger partial charge < -0.3 is 19.5 Å². The Morgan fingerprint density at radius 1 is 1.00 bits per heavy atom. The second-order valence-corrected chi connectivity index (χ2v) is 7.42. The first-order chi connectivity index (χ1) is 12.1. The van der Waals surface area contributed by atoms with Crippen molar-refractivity contribution in [3.05, 3.63) is 59.7 Å². The second kappa shape index (κ2) is 6.70. The number of hydrogen-bond donors (Lipinski definition) is 1. The van der Waals surface area contributed by atoms with Crippen LogP contribution in [0.1, 0.15) is 43.9 Å². The van der Waals surface area contributed by atoms with Crippen LogP contribution < -0.4 is 14.8 Å². The fraction of sp³-hybridized carbons (Fsp3) is 0.429. The molecule has 1 fully saturated rings. The van der Waals surface area contributed by atoms with E-state index in [1.165, 1.54) is 11.1 Å². The minimum absolute atomic E-state index is 0.0773. The molecule has 2 aromatic carbocycles. The average molecular weight is 339 g/mol. The Balaban J connectivity index is 1.63. The summed E-state index contributed by atoms with van der Waals surface area (Å²) in [5, 5.41) is 3.86. The third kappa shape index (κ3) is 3.65. The van der Waals surface area contributed by atoms with E-state index in [0.29, 0.717) is 12.8 Å². The molecular formula is C21H25NO3. The number of benzene rings is 2. The summed E-state index contributed by atoms with van der Waals surface area (Å²) in [6.45, 7) is 5.43. The van der Waals surface area contributed by atoms with Crippen LogP contribution in [0.15, 0.2) is 48.5 Å². The normalized spacial score (nSPS) is 22.6. The van der Waals surface area contributed by atoms with Crippen molar-refractivity contribution in [2.75, 3.05) is 13.4 Å². The van der Waals surface area contributed by atoms with Crippen LogP contribution in [0.2, 0.25) is 0 Å². The Morgan fingerprint density at radius 3 is 2.60 bits per heavy atom. The molecule has 2 atom stereocenters. The first-order valence-electron chi connectivity index (χ1n) is 8.95. The van der Waals surface area contributed by atoms with Gasteiger partial charge in [0.25, 0.3) is 0 Å². The van der Waals surface area contributed by atoms with Gasteiger partial charge in [-0.05, 0) is 49.9 Å². The quantitative estimate of drug-likeness (QED) is 0.912. The smallest absolute Gasteiger partial charge is 0.231 e. The van der Waals surface area contributed by atoms with Crippen LogP contribution in [0.25, 0.3) is 0 Å². The number of fused-ring (bicyclic) bond motifs is 1. The maximum absolute atomic E-state index is 5.87. The molecule has 2 heterocycles. The van der Waals surface area contributed by atoms with Gasteiger partial charge in [0.05, 0.1) is 11.6 Å². The molecule has 2 aliphatic heterocycles. The molecule has 4 heteroatoms. The monoisotopic (exact) mass is 339 g/mol. The minimum atomic E-state index is -0.0773. The molecule has 2 aliphatic rings. The zero-order valence-corrected chi connectivity index (χ0v) is 14.8. The van der Waals surface area contributed by atoms with Crippen molar-refractivity contribution in [3.63, 3.8) is 0 Å². The first kappa shape index (κ1) is 16.4. The third-order valence-corrected chi connectivity index (χ3v) is 4.96. The van der Waals surface area contributed by atoms with Gasteiger partial charge >= 0.3 is 0 Å². The number of ether oxygens (including phenoxy) is 3. The fourth-order valence-electron chi connectivity index (χ4n) is 3.73. The lowest BCUT2D eigenvalue weighted by atomic mass is 9.91. The molecular weight excluding hydrogens is 314 g/mol. The predicted octanol–water partition coefficient (Wildman–Crippen LogP) is 4.05. The van der Waals surface area contributed by atoms with Gasteiger partial charge in [-0.2, -0.15) is 0 Å². The lowest BCUT2D eigenvalue weighted by molar-refractivity contribution is -0.0637. The summed E-state index contributed by atoms with van der Waals surface area (Å²) in [7, 11) is 0. The highest BCUT2D eigenvalue weighted by molar-refractivity contribution is 5.47. The van der Waals surface area contributed by atoms with Crippen molar-refractivity contribution < 1.29 is 14.2 Å². The van der Waals surface area contributed by atoms with Crippen LogP contribution in [0, 0.1) is 0 Å². The van der Waals surface area contributed by atoms with Crippen molar-refractivity contribution in [1.82, 2.24) is 5.32 Å². The molecule has 4 nitrogen and oxygen atoms in total. The van der Waals surface area contributed by atoms with Crippen molar-refractivity contribution in [2.24, 2.45) is 0 Å². The molecule has 0 saturated carbocycles. The number of rotatable bonds is 4. The Kier molecular flexibility index (Phi) is 4.40. The summed E-state index contributed by atoms with van der Waals surface area (Å²) in [4.78, 5) is 0. The van der Waals surface area contributed by atoms with Crippen LogP contribution in [-0.4, -0.2) is 25.0 Å². The molecule has 25 heavy (non-hydrogen) atoms. The van der Waals surface area contributed by atoms with Crippen LogP contribution in [0.5, 0.6) is 11.5 Å². The summed E-state index contributed by atoms with van der Waals surface area (Å²) in [6.07, 6.45) is 2.03. The third-order valence-electron chi connectivity index (χ3n) is 4.96. The predicted molar refractivity (Wildman–Crippen MR) is 97.0 cm³/mol. The molecule has 0 bridgehead atoms. The summed E-state index contributed by atoms with van der Waals surface area (Å²) in [6, 6.07) is 17.3. The zero-order valence-electron chi connectivity index (χ0n) is 14.8. The van der Waals surface area contributed by atoms with Crippen LogP contribution in [0.3, 0.4) is 0 Å². The molecule has 0 radical (unpaired) electrons. The van der Waals surface area contributed by atoms with Gasteiger partial charge in [-0.1, -0.05) is 36.4 Å². The van der Waals surface area contributed by atoms with Gasteiger partial charge in [0, 0.05) is 12.6 Å². The molecule has 0 aromatic heterocycles. The number of hydrogen-bond acceptors (Lipinski definition) is 4. The van der Waals surface area contributed by atoms with E-state index in [9.17, 15) is 0 Å². The van der Waals surface area contributed by atoms with Gasteiger partial charge in [0.15, 0.2) is 11.5 Å². The Labute approximate surface area is 149 Å². The summed E-state index contributed by atoms with van der Waals surface area (Å²) in [5.41, 5.74) is 2.37. The highest BCUT2D eigenvalue weighted by Crippen LogP contribution is 2.36. The first-order valence-corrected chi connectivity index (χ1v) is 8.95. The van der Waals surface area contributed by atoms with E-state index in [1.807, 2.05) is 6.07 Å². The summed E-state index contributed by atoms with van der Waals surface area (Å²) >= 11 is 0. The van der Waals surface area contributed by atoms with Crippen molar-refractivity contribution in [3.8, 4) is 11.5 Å². The van der Waals surface area contributed by atoms with E-state index >= 15 is 0 Å². The van der Waals surface area contributed by atoms with Crippen LogP contribution in [0.4, 0.5) is 0 Å². The molecule has 0 aliphatic carbocycles.